The summed E-state index contributed by atoms with van der Waals surface area (Å²) in [6.07, 6.45) is 0. The van der Waals surface area contributed by atoms with Crippen LogP contribution in [0.2, 0.25) is 0 Å². The first-order valence-electron chi connectivity index (χ1n) is 13.9. The van der Waals surface area contributed by atoms with E-state index < -0.39 is 0 Å². The van der Waals surface area contributed by atoms with Crippen molar-refractivity contribution in [3.63, 3.8) is 0 Å². The van der Waals surface area contributed by atoms with Crippen molar-refractivity contribution in [1.29, 1.82) is 0 Å². The minimum Gasteiger partial charge on any atom is -0.379 e. The highest BCUT2D eigenvalue weighted by molar-refractivity contribution is 5.77. The van der Waals surface area contributed by atoms with Crippen LogP contribution in [0.5, 0.6) is 0 Å². The van der Waals surface area contributed by atoms with Crippen molar-refractivity contribution >= 4 is 23.0 Å². The zero-order valence-corrected chi connectivity index (χ0v) is 22.8. The number of benzene rings is 2. The predicted octanol–water partition coefficient (Wildman–Crippen LogP) is 3.96. The zero-order chi connectivity index (χ0) is 26.7. The second-order valence-electron chi connectivity index (χ2n) is 9.95. The van der Waals surface area contributed by atoms with E-state index in [0.717, 1.165) is 89.9 Å². The summed E-state index contributed by atoms with van der Waals surface area (Å²) in [6.45, 7) is 11.1. The van der Waals surface area contributed by atoms with Gasteiger partial charge in [0.1, 0.15) is 0 Å². The Balaban J connectivity index is 1.40. The number of nitrogens with zero attached hydrogens (tertiary/aromatic N) is 7. The number of anilines is 2. The average Bonchev–Trinajstić information content (AvgIpc) is 2.99. The maximum atomic E-state index is 5.50. The standard InChI is InChI=1S/C29H39N9O/c1-36-16-18-37(19-17-36)14-12-30-28-26(35-34-25-10-6-3-7-11-25)29(31-13-15-38-20-22-39-23-21-38)33-27(32-28)24-8-4-2-5-9-24/h2-11H,12-23H2,1H3,(H2,30,31,32,33). The highest BCUT2D eigenvalue weighted by atomic mass is 16.5. The molecule has 2 aromatic carbocycles. The van der Waals surface area contributed by atoms with Crippen molar-refractivity contribution < 1.29 is 4.74 Å². The maximum Gasteiger partial charge on any atom is 0.170 e. The van der Waals surface area contributed by atoms with E-state index in [0.29, 0.717) is 23.1 Å². The second-order valence-corrected chi connectivity index (χ2v) is 9.95. The van der Waals surface area contributed by atoms with Crippen molar-refractivity contribution in [1.82, 2.24) is 24.7 Å². The van der Waals surface area contributed by atoms with E-state index in [9.17, 15) is 0 Å². The van der Waals surface area contributed by atoms with Gasteiger partial charge < -0.3 is 20.3 Å². The molecule has 2 aliphatic rings. The zero-order valence-electron chi connectivity index (χ0n) is 22.8. The molecule has 10 heteroatoms. The Morgan fingerprint density at radius 3 is 1.90 bits per heavy atom. The molecule has 39 heavy (non-hydrogen) atoms. The molecule has 2 fully saturated rings. The van der Waals surface area contributed by atoms with Gasteiger partial charge >= 0.3 is 0 Å². The monoisotopic (exact) mass is 529 g/mol. The molecule has 3 heterocycles. The predicted molar refractivity (Wildman–Crippen MR) is 156 cm³/mol. The molecular formula is C29H39N9O. The Morgan fingerprint density at radius 2 is 1.28 bits per heavy atom. The minimum atomic E-state index is 0.624. The summed E-state index contributed by atoms with van der Waals surface area (Å²) in [5.41, 5.74) is 2.37. The SMILES string of the molecule is CN1CCN(CCNc2nc(-c3ccccc3)nc(NCCN3CCOCC3)c2N=Nc2ccccc2)CC1. The molecule has 2 aliphatic heterocycles. The van der Waals surface area contributed by atoms with Crippen LogP contribution < -0.4 is 10.6 Å². The average molecular weight is 530 g/mol. The summed E-state index contributed by atoms with van der Waals surface area (Å²) in [7, 11) is 2.18. The Hall–Kier alpha value is -3.44. The summed E-state index contributed by atoms with van der Waals surface area (Å²) < 4.78 is 5.50. The van der Waals surface area contributed by atoms with Gasteiger partial charge in [0.15, 0.2) is 23.1 Å². The number of hydrogen-bond acceptors (Lipinski definition) is 10. The number of ether oxygens (including phenoxy) is 1. The molecule has 2 saturated heterocycles. The Bertz CT molecular complexity index is 1180. The number of piperazine rings is 1. The first kappa shape index (κ1) is 27.1. The van der Waals surface area contributed by atoms with Crippen LogP contribution in [0.15, 0.2) is 70.9 Å². The fourth-order valence-corrected chi connectivity index (χ4v) is 4.68. The van der Waals surface area contributed by atoms with Gasteiger partial charge in [0, 0.05) is 71.0 Å². The van der Waals surface area contributed by atoms with Crippen molar-refractivity contribution in [2.45, 2.75) is 0 Å². The number of rotatable bonds is 11. The lowest BCUT2D eigenvalue weighted by Crippen LogP contribution is -2.45. The van der Waals surface area contributed by atoms with E-state index >= 15 is 0 Å². The van der Waals surface area contributed by atoms with Gasteiger partial charge in [-0.05, 0) is 19.2 Å². The van der Waals surface area contributed by atoms with Crippen LogP contribution in [0.25, 0.3) is 11.4 Å². The van der Waals surface area contributed by atoms with E-state index in [1.54, 1.807) is 0 Å². The van der Waals surface area contributed by atoms with Crippen molar-refractivity contribution in [2.24, 2.45) is 10.2 Å². The fraction of sp³-hybridized carbons (Fsp3) is 0.448. The molecule has 206 valence electrons. The third-order valence-electron chi connectivity index (χ3n) is 7.08. The van der Waals surface area contributed by atoms with Gasteiger partial charge in [0.25, 0.3) is 0 Å². The summed E-state index contributed by atoms with van der Waals surface area (Å²) in [6, 6.07) is 19.9. The summed E-state index contributed by atoms with van der Waals surface area (Å²) in [5, 5.41) is 16.3. The highest BCUT2D eigenvalue weighted by Crippen LogP contribution is 2.34. The van der Waals surface area contributed by atoms with Crippen LogP contribution in [0, 0.1) is 0 Å². The normalized spacial score (nSPS) is 17.5. The first-order valence-corrected chi connectivity index (χ1v) is 13.9. The number of hydrogen-bond donors (Lipinski definition) is 2. The van der Waals surface area contributed by atoms with Crippen LogP contribution in [0.3, 0.4) is 0 Å². The van der Waals surface area contributed by atoms with Crippen molar-refractivity contribution in [3.8, 4) is 11.4 Å². The molecule has 2 N–H and O–H groups in total. The highest BCUT2D eigenvalue weighted by Gasteiger charge is 2.18. The van der Waals surface area contributed by atoms with E-state index in [1.165, 1.54) is 0 Å². The summed E-state index contributed by atoms with van der Waals surface area (Å²) in [5.74, 6) is 2.02. The molecular weight excluding hydrogens is 490 g/mol. The minimum absolute atomic E-state index is 0.624. The molecule has 1 aromatic heterocycles. The van der Waals surface area contributed by atoms with Crippen LogP contribution >= 0.6 is 0 Å². The van der Waals surface area contributed by atoms with Crippen LogP contribution in [-0.2, 0) is 4.74 Å². The smallest absolute Gasteiger partial charge is 0.170 e. The topological polar surface area (TPSA) is 93.5 Å². The molecule has 0 atom stereocenters. The number of nitrogens with one attached hydrogen (secondary N) is 2. The molecule has 0 bridgehead atoms. The molecule has 0 unspecified atom stereocenters. The molecule has 0 spiro atoms. The molecule has 5 rings (SSSR count). The molecule has 0 amide bonds. The summed E-state index contributed by atoms with van der Waals surface area (Å²) in [4.78, 5) is 17.1. The molecule has 0 saturated carbocycles. The Labute approximate surface area is 231 Å². The maximum absolute atomic E-state index is 5.50. The number of likely N-dealkylation sites (N-methyl/N-ethyl adjacent to an activating group) is 1. The Morgan fingerprint density at radius 1 is 0.718 bits per heavy atom. The van der Waals surface area contributed by atoms with E-state index in [1.807, 2.05) is 60.7 Å². The van der Waals surface area contributed by atoms with Crippen LogP contribution in [-0.4, -0.2) is 110 Å². The quantitative estimate of drug-likeness (QED) is 0.361. The Kier molecular flexibility index (Phi) is 9.80. The van der Waals surface area contributed by atoms with Gasteiger partial charge in [-0.1, -0.05) is 48.5 Å². The van der Waals surface area contributed by atoms with E-state index in [4.69, 9.17) is 14.7 Å². The molecule has 10 nitrogen and oxygen atoms in total. The largest absolute Gasteiger partial charge is 0.379 e. The molecule has 0 aliphatic carbocycles. The molecule has 0 radical (unpaired) electrons. The summed E-state index contributed by atoms with van der Waals surface area (Å²) >= 11 is 0. The van der Waals surface area contributed by atoms with Crippen molar-refractivity contribution in [2.75, 3.05) is 96.3 Å². The van der Waals surface area contributed by atoms with Gasteiger partial charge in [0.2, 0.25) is 0 Å². The van der Waals surface area contributed by atoms with Crippen LogP contribution in [0.4, 0.5) is 23.0 Å². The number of azo groups is 1. The third-order valence-corrected chi connectivity index (χ3v) is 7.08. The third kappa shape index (κ3) is 8.03. The second kappa shape index (κ2) is 14.1. The van der Waals surface area contributed by atoms with Crippen molar-refractivity contribution in [3.05, 3.63) is 60.7 Å². The van der Waals surface area contributed by atoms with Gasteiger partial charge in [0.05, 0.1) is 18.9 Å². The van der Waals surface area contributed by atoms with Gasteiger partial charge in [-0.25, -0.2) is 9.97 Å². The number of aromatic nitrogens is 2. The lowest BCUT2D eigenvalue weighted by atomic mass is 10.2. The van der Waals surface area contributed by atoms with Crippen LogP contribution in [0.1, 0.15) is 0 Å². The molecule has 3 aromatic rings. The van der Waals surface area contributed by atoms with Gasteiger partial charge in [-0.3, -0.25) is 9.80 Å². The van der Waals surface area contributed by atoms with Gasteiger partial charge in [-0.15, -0.1) is 5.11 Å². The number of morpholine rings is 1. The lowest BCUT2D eigenvalue weighted by Gasteiger charge is -2.32. The first-order chi connectivity index (χ1) is 19.2. The van der Waals surface area contributed by atoms with E-state index in [-0.39, 0.29) is 0 Å². The fourth-order valence-electron chi connectivity index (χ4n) is 4.68. The van der Waals surface area contributed by atoms with Gasteiger partial charge in [-0.2, -0.15) is 5.11 Å². The van der Waals surface area contributed by atoms with E-state index in [2.05, 4.69) is 42.6 Å². The lowest BCUT2D eigenvalue weighted by molar-refractivity contribution is 0.0398.